The van der Waals surface area contributed by atoms with Gasteiger partial charge in [-0.15, -0.1) is 0 Å². The third-order valence-corrected chi connectivity index (χ3v) is 6.75. The summed E-state index contributed by atoms with van der Waals surface area (Å²) in [4.78, 5) is 14.4. The number of methoxy groups -OCH3 is 1. The minimum atomic E-state index is -0.220. The number of cyclic esters (lactones) is 1. The van der Waals surface area contributed by atoms with Crippen molar-refractivity contribution >= 4 is 28.7 Å². The molecule has 2 bridgehead atoms. The molecule has 3 aliphatic rings. The molecule has 0 radical (unpaired) electrons. The maximum atomic E-state index is 12.4. The second kappa shape index (κ2) is 6.24. The third-order valence-electron chi connectivity index (χ3n) is 5.77. The summed E-state index contributed by atoms with van der Waals surface area (Å²) in [5.74, 6) is 1.51. The van der Waals surface area contributed by atoms with E-state index in [0.717, 1.165) is 21.5 Å². The summed E-state index contributed by atoms with van der Waals surface area (Å²) in [5, 5.41) is 0. The van der Waals surface area contributed by atoms with Crippen LogP contribution in [0.5, 0.6) is 0 Å². The summed E-state index contributed by atoms with van der Waals surface area (Å²) < 4.78 is 12.6. The van der Waals surface area contributed by atoms with E-state index in [1.165, 1.54) is 19.3 Å². The van der Waals surface area contributed by atoms with Crippen molar-refractivity contribution in [1.29, 1.82) is 0 Å². The van der Waals surface area contributed by atoms with Gasteiger partial charge in [-0.25, -0.2) is 4.79 Å². The van der Waals surface area contributed by atoms with Crippen LogP contribution in [0.2, 0.25) is 0 Å². The van der Waals surface area contributed by atoms with E-state index in [2.05, 4.69) is 34.7 Å². The molecule has 23 heavy (non-hydrogen) atoms. The summed E-state index contributed by atoms with van der Waals surface area (Å²) in [6.07, 6.45) is 4.50. The van der Waals surface area contributed by atoms with Crippen molar-refractivity contribution in [3.05, 3.63) is 33.4 Å². The van der Waals surface area contributed by atoms with Crippen molar-refractivity contribution in [2.75, 3.05) is 13.7 Å². The highest BCUT2D eigenvalue weighted by Crippen LogP contribution is 2.48. The number of rotatable bonds is 4. The minimum absolute atomic E-state index is 0.152. The van der Waals surface area contributed by atoms with Crippen LogP contribution in [0.1, 0.15) is 37.4 Å². The van der Waals surface area contributed by atoms with Crippen LogP contribution in [-0.2, 0) is 9.47 Å². The Labute approximate surface area is 150 Å². The Morgan fingerprint density at radius 3 is 2.78 bits per heavy atom. The molecule has 2 aliphatic carbocycles. The lowest BCUT2D eigenvalue weighted by molar-refractivity contribution is -0.000469. The summed E-state index contributed by atoms with van der Waals surface area (Å²) in [7, 11) is 1.70. The SMILES string of the molecule is CO[C@@H](c1ccccc1I)[C@@H]1CN(C2CC3CCC2C3)C(=O)O1. The monoisotopic (exact) mass is 427 g/mol. The van der Waals surface area contributed by atoms with Crippen LogP contribution in [-0.4, -0.2) is 36.8 Å². The number of hydrogen-bond donors (Lipinski definition) is 0. The molecule has 3 fully saturated rings. The zero-order valence-electron chi connectivity index (χ0n) is 13.3. The van der Waals surface area contributed by atoms with Crippen LogP contribution < -0.4 is 0 Å². The van der Waals surface area contributed by atoms with Crippen molar-refractivity contribution in [3.63, 3.8) is 0 Å². The first-order chi connectivity index (χ1) is 11.2. The van der Waals surface area contributed by atoms with Gasteiger partial charge in [0, 0.05) is 16.7 Å². The maximum absolute atomic E-state index is 12.4. The molecular formula is C18H22INO3. The molecule has 1 heterocycles. The summed E-state index contributed by atoms with van der Waals surface area (Å²) in [6, 6.07) is 8.53. The lowest BCUT2D eigenvalue weighted by Crippen LogP contribution is -2.40. The van der Waals surface area contributed by atoms with E-state index in [9.17, 15) is 4.79 Å². The molecule has 0 spiro atoms. The number of halogens is 1. The van der Waals surface area contributed by atoms with Crippen LogP contribution in [0.3, 0.4) is 0 Å². The lowest BCUT2D eigenvalue weighted by atomic mass is 9.94. The zero-order valence-corrected chi connectivity index (χ0v) is 15.4. The first kappa shape index (κ1) is 15.7. The predicted octanol–water partition coefficient (Wildman–Crippen LogP) is 3.99. The highest BCUT2D eigenvalue weighted by molar-refractivity contribution is 14.1. The average molecular weight is 427 g/mol. The first-order valence-electron chi connectivity index (χ1n) is 8.42. The molecule has 1 aromatic rings. The number of amides is 1. The topological polar surface area (TPSA) is 38.8 Å². The van der Waals surface area contributed by atoms with Gasteiger partial charge >= 0.3 is 6.09 Å². The van der Waals surface area contributed by atoms with Crippen LogP contribution >= 0.6 is 22.6 Å². The van der Waals surface area contributed by atoms with E-state index >= 15 is 0 Å². The second-order valence-electron chi connectivity index (χ2n) is 6.99. The Hall–Kier alpha value is -0.820. The van der Waals surface area contributed by atoms with Crippen molar-refractivity contribution < 1.29 is 14.3 Å². The fourth-order valence-corrected chi connectivity index (χ4v) is 5.40. The second-order valence-corrected chi connectivity index (χ2v) is 8.16. The normalized spacial score (nSPS) is 34.0. The van der Waals surface area contributed by atoms with Crippen molar-refractivity contribution in [1.82, 2.24) is 4.90 Å². The van der Waals surface area contributed by atoms with E-state index in [-0.39, 0.29) is 18.3 Å². The number of benzene rings is 1. The largest absolute Gasteiger partial charge is 0.441 e. The molecule has 3 unspecified atom stereocenters. The van der Waals surface area contributed by atoms with Gasteiger partial charge in [0.25, 0.3) is 0 Å². The summed E-state index contributed by atoms with van der Waals surface area (Å²) in [5.41, 5.74) is 1.10. The number of nitrogens with zero attached hydrogens (tertiary/aromatic N) is 1. The van der Waals surface area contributed by atoms with Gasteiger partial charge in [0.2, 0.25) is 0 Å². The van der Waals surface area contributed by atoms with Crippen molar-refractivity contribution in [2.45, 2.75) is 43.9 Å². The number of carbonyl (C=O) groups excluding carboxylic acids is 1. The number of hydrogen-bond acceptors (Lipinski definition) is 3. The van der Waals surface area contributed by atoms with Gasteiger partial charge < -0.3 is 14.4 Å². The highest BCUT2D eigenvalue weighted by atomic mass is 127. The molecule has 0 N–H and O–H groups in total. The molecule has 4 rings (SSSR count). The molecule has 1 aliphatic heterocycles. The van der Waals surface area contributed by atoms with E-state index in [1.54, 1.807) is 7.11 Å². The molecule has 1 amide bonds. The van der Waals surface area contributed by atoms with Crippen LogP contribution in [0.4, 0.5) is 4.79 Å². The molecule has 5 heteroatoms. The van der Waals surface area contributed by atoms with Crippen LogP contribution in [0.25, 0.3) is 0 Å². The smallest absolute Gasteiger partial charge is 0.410 e. The minimum Gasteiger partial charge on any atom is -0.441 e. The van der Waals surface area contributed by atoms with Gasteiger partial charge in [-0.2, -0.15) is 0 Å². The van der Waals surface area contributed by atoms with Crippen molar-refractivity contribution in [3.8, 4) is 0 Å². The fraction of sp³-hybridized carbons (Fsp3) is 0.611. The van der Waals surface area contributed by atoms with Gasteiger partial charge in [-0.05, 0) is 65.3 Å². The van der Waals surface area contributed by atoms with E-state index in [4.69, 9.17) is 9.47 Å². The Balaban J connectivity index is 1.52. The molecule has 124 valence electrons. The highest BCUT2D eigenvalue weighted by Gasteiger charge is 2.48. The number of ether oxygens (including phenoxy) is 2. The summed E-state index contributed by atoms with van der Waals surface area (Å²) in [6.45, 7) is 0.649. The van der Waals surface area contributed by atoms with Gasteiger partial charge in [0.05, 0.1) is 6.54 Å². The zero-order chi connectivity index (χ0) is 16.0. The third kappa shape index (κ3) is 2.76. The average Bonchev–Trinajstić information content (AvgIpc) is 3.25. The molecule has 1 saturated heterocycles. The van der Waals surface area contributed by atoms with E-state index in [0.29, 0.717) is 18.5 Å². The van der Waals surface area contributed by atoms with Crippen molar-refractivity contribution in [2.24, 2.45) is 11.8 Å². The van der Waals surface area contributed by atoms with Crippen LogP contribution in [0, 0.1) is 15.4 Å². The Morgan fingerprint density at radius 2 is 2.13 bits per heavy atom. The maximum Gasteiger partial charge on any atom is 0.410 e. The fourth-order valence-electron chi connectivity index (χ4n) is 4.71. The quantitative estimate of drug-likeness (QED) is 0.683. The van der Waals surface area contributed by atoms with E-state index in [1.807, 2.05) is 17.0 Å². The van der Waals surface area contributed by atoms with E-state index < -0.39 is 0 Å². The molecule has 0 aromatic heterocycles. The van der Waals surface area contributed by atoms with Gasteiger partial charge in [0.15, 0.2) is 6.10 Å². The first-order valence-corrected chi connectivity index (χ1v) is 9.49. The molecule has 4 nitrogen and oxygen atoms in total. The molecule has 2 saturated carbocycles. The lowest BCUT2D eigenvalue weighted by Gasteiger charge is -2.29. The standard InChI is InChI=1S/C18H22INO3/c1-22-17(13-4-2-3-5-14(13)19)16-10-20(18(21)23-16)15-9-11-6-7-12(15)8-11/h2-5,11-12,15-17H,6-10H2,1H3/t11?,12?,15?,16-,17-/m0/s1. The number of carbonyl (C=O) groups is 1. The molecular weight excluding hydrogens is 405 g/mol. The van der Waals surface area contributed by atoms with Crippen LogP contribution in [0.15, 0.2) is 24.3 Å². The summed E-state index contributed by atoms with van der Waals surface area (Å²) >= 11 is 2.31. The number of fused-ring (bicyclic) bond motifs is 2. The van der Waals surface area contributed by atoms with Gasteiger partial charge in [0.1, 0.15) is 6.10 Å². The Kier molecular flexibility index (Phi) is 4.26. The molecule has 5 atom stereocenters. The predicted molar refractivity (Wildman–Crippen MR) is 95.1 cm³/mol. The Morgan fingerprint density at radius 1 is 1.30 bits per heavy atom. The Bertz CT molecular complexity index is 608. The molecule has 1 aromatic carbocycles. The van der Waals surface area contributed by atoms with Gasteiger partial charge in [-0.3, -0.25) is 0 Å². The van der Waals surface area contributed by atoms with Gasteiger partial charge in [-0.1, -0.05) is 24.6 Å².